The van der Waals surface area contributed by atoms with Crippen LogP contribution in [0.15, 0.2) is 0 Å². The molecule has 1 rings (SSSR count). The second kappa shape index (κ2) is 8.08. The van der Waals surface area contributed by atoms with Crippen LogP contribution in [0.3, 0.4) is 0 Å². The standard InChI is InChI=1S/C13H22O5/c1-3-16-12(14)11(13(15)17-4-2)18-10-8-6-5-7-9-10/h10-11H,3-9H2,1-2H3. The predicted octanol–water partition coefficient (Wildman–Crippen LogP) is 1.83. The molecule has 0 aromatic heterocycles. The minimum absolute atomic E-state index is 0.0439. The third-order valence-electron chi connectivity index (χ3n) is 2.88. The van der Waals surface area contributed by atoms with Gasteiger partial charge in [-0.2, -0.15) is 0 Å². The Morgan fingerprint density at radius 3 is 1.94 bits per heavy atom. The van der Waals surface area contributed by atoms with Gasteiger partial charge < -0.3 is 14.2 Å². The largest absolute Gasteiger partial charge is 0.464 e. The molecule has 0 aromatic rings. The van der Waals surface area contributed by atoms with Gasteiger partial charge in [-0.1, -0.05) is 19.3 Å². The number of carbonyl (C=O) groups excluding carboxylic acids is 2. The average molecular weight is 258 g/mol. The zero-order chi connectivity index (χ0) is 13.4. The van der Waals surface area contributed by atoms with Crippen LogP contribution in [0.5, 0.6) is 0 Å². The molecule has 0 bridgehead atoms. The van der Waals surface area contributed by atoms with Gasteiger partial charge in [0.05, 0.1) is 19.3 Å². The first kappa shape index (κ1) is 15.0. The summed E-state index contributed by atoms with van der Waals surface area (Å²) >= 11 is 0. The van der Waals surface area contributed by atoms with Gasteiger partial charge in [0.1, 0.15) is 0 Å². The van der Waals surface area contributed by atoms with Gasteiger partial charge in [-0.25, -0.2) is 9.59 Å². The van der Waals surface area contributed by atoms with Crippen molar-refractivity contribution in [3.63, 3.8) is 0 Å². The van der Waals surface area contributed by atoms with Crippen molar-refractivity contribution in [1.82, 2.24) is 0 Å². The summed E-state index contributed by atoms with van der Waals surface area (Å²) in [5.41, 5.74) is 0. The average Bonchev–Trinajstić information content (AvgIpc) is 2.37. The topological polar surface area (TPSA) is 61.8 Å². The summed E-state index contributed by atoms with van der Waals surface area (Å²) in [5, 5.41) is 0. The third kappa shape index (κ3) is 4.64. The van der Waals surface area contributed by atoms with Gasteiger partial charge in [-0.05, 0) is 26.7 Å². The van der Waals surface area contributed by atoms with Crippen LogP contribution in [-0.2, 0) is 23.8 Å². The first-order valence-corrected chi connectivity index (χ1v) is 6.67. The summed E-state index contributed by atoms with van der Waals surface area (Å²) in [4.78, 5) is 23.4. The molecule has 1 saturated carbocycles. The molecule has 0 atom stereocenters. The van der Waals surface area contributed by atoms with Crippen LogP contribution in [0.1, 0.15) is 46.0 Å². The summed E-state index contributed by atoms with van der Waals surface area (Å²) in [6, 6.07) is 0. The van der Waals surface area contributed by atoms with E-state index < -0.39 is 18.0 Å². The fourth-order valence-electron chi connectivity index (χ4n) is 2.04. The molecule has 0 saturated heterocycles. The fraction of sp³-hybridized carbons (Fsp3) is 0.846. The van der Waals surface area contributed by atoms with Crippen LogP contribution >= 0.6 is 0 Å². The van der Waals surface area contributed by atoms with Crippen LogP contribution in [0.4, 0.5) is 0 Å². The molecule has 5 nitrogen and oxygen atoms in total. The Hall–Kier alpha value is -1.10. The van der Waals surface area contributed by atoms with E-state index in [1.165, 1.54) is 6.42 Å². The molecule has 1 aliphatic rings. The molecule has 0 heterocycles. The maximum atomic E-state index is 11.7. The molecule has 1 fully saturated rings. The Morgan fingerprint density at radius 2 is 1.50 bits per heavy atom. The van der Waals surface area contributed by atoms with Crippen LogP contribution in [-0.4, -0.2) is 37.4 Å². The van der Waals surface area contributed by atoms with Gasteiger partial charge >= 0.3 is 11.9 Å². The SMILES string of the molecule is CCOC(=O)C(OC1CCCCC1)C(=O)OCC. The molecule has 5 heteroatoms. The van der Waals surface area contributed by atoms with Gasteiger partial charge in [0.25, 0.3) is 6.10 Å². The monoisotopic (exact) mass is 258 g/mol. The maximum Gasteiger partial charge on any atom is 0.347 e. The normalized spacial score (nSPS) is 16.6. The quantitative estimate of drug-likeness (QED) is 0.537. The Bertz CT molecular complexity index is 253. The molecule has 0 N–H and O–H groups in total. The smallest absolute Gasteiger partial charge is 0.347 e. The fourth-order valence-corrected chi connectivity index (χ4v) is 2.04. The molecular formula is C13H22O5. The Kier molecular flexibility index (Phi) is 6.72. The van der Waals surface area contributed by atoms with Crippen molar-refractivity contribution < 1.29 is 23.8 Å². The van der Waals surface area contributed by atoms with E-state index in [1.807, 2.05) is 0 Å². The molecular weight excluding hydrogens is 236 g/mol. The summed E-state index contributed by atoms with van der Waals surface area (Å²) in [6.07, 6.45) is 3.82. The minimum atomic E-state index is -1.23. The Morgan fingerprint density at radius 1 is 1.00 bits per heavy atom. The number of esters is 2. The lowest BCUT2D eigenvalue weighted by molar-refractivity contribution is -0.178. The van der Waals surface area contributed by atoms with Crippen LogP contribution in [0, 0.1) is 0 Å². The predicted molar refractivity (Wildman–Crippen MR) is 65.0 cm³/mol. The highest BCUT2D eigenvalue weighted by molar-refractivity contribution is 5.98. The van der Waals surface area contributed by atoms with Gasteiger partial charge in [0.15, 0.2) is 0 Å². The van der Waals surface area contributed by atoms with E-state index in [4.69, 9.17) is 14.2 Å². The number of carbonyl (C=O) groups is 2. The second-order valence-electron chi connectivity index (χ2n) is 4.28. The number of ether oxygens (including phenoxy) is 3. The van der Waals surface area contributed by atoms with Crippen LogP contribution in [0.25, 0.3) is 0 Å². The van der Waals surface area contributed by atoms with Crippen molar-refractivity contribution in [2.45, 2.75) is 58.2 Å². The number of rotatable bonds is 6. The summed E-state index contributed by atoms with van der Waals surface area (Å²) in [6.45, 7) is 3.84. The van der Waals surface area contributed by atoms with Gasteiger partial charge in [-0.3, -0.25) is 0 Å². The maximum absolute atomic E-state index is 11.7. The van der Waals surface area contributed by atoms with Crippen molar-refractivity contribution in [3.8, 4) is 0 Å². The van der Waals surface area contributed by atoms with Gasteiger partial charge in [0.2, 0.25) is 0 Å². The molecule has 18 heavy (non-hydrogen) atoms. The first-order valence-electron chi connectivity index (χ1n) is 6.67. The van der Waals surface area contributed by atoms with E-state index in [1.54, 1.807) is 13.8 Å². The summed E-state index contributed by atoms with van der Waals surface area (Å²) in [7, 11) is 0. The van der Waals surface area contributed by atoms with Crippen molar-refractivity contribution in [2.75, 3.05) is 13.2 Å². The lowest BCUT2D eigenvalue weighted by atomic mass is 9.97. The van der Waals surface area contributed by atoms with E-state index in [-0.39, 0.29) is 19.3 Å². The molecule has 0 amide bonds. The highest BCUT2D eigenvalue weighted by Gasteiger charge is 2.33. The van der Waals surface area contributed by atoms with Crippen molar-refractivity contribution >= 4 is 11.9 Å². The lowest BCUT2D eigenvalue weighted by Crippen LogP contribution is -2.39. The molecule has 0 radical (unpaired) electrons. The molecule has 0 aromatic carbocycles. The summed E-state index contributed by atoms with van der Waals surface area (Å²) in [5.74, 6) is -1.30. The molecule has 1 aliphatic carbocycles. The van der Waals surface area contributed by atoms with E-state index in [0.717, 1.165) is 25.7 Å². The second-order valence-corrected chi connectivity index (χ2v) is 4.28. The van der Waals surface area contributed by atoms with E-state index >= 15 is 0 Å². The van der Waals surface area contributed by atoms with E-state index in [0.29, 0.717) is 0 Å². The Labute approximate surface area is 108 Å². The Balaban J connectivity index is 2.57. The number of hydrogen-bond donors (Lipinski definition) is 0. The highest BCUT2D eigenvalue weighted by atomic mass is 16.6. The summed E-state index contributed by atoms with van der Waals surface area (Å²) < 4.78 is 15.3. The van der Waals surface area contributed by atoms with Gasteiger partial charge in [0, 0.05) is 0 Å². The van der Waals surface area contributed by atoms with Crippen molar-refractivity contribution in [3.05, 3.63) is 0 Å². The molecule has 0 unspecified atom stereocenters. The van der Waals surface area contributed by atoms with Crippen molar-refractivity contribution in [2.24, 2.45) is 0 Å². The van der Waals surface area contributed by atoms with Gasteiger partial charge in [-0.15, -0.1) is 0 Å². The van der Waals surface area contributed by atoms with E-state index in [2.05, 4.69) is 0 Å². The van der Waals surface area contributed by atoms with Crippen LogP contribution < -0.4 is 0 Å². The van der Waals surface area contributed by atoms with Crippen molar-refractivity contribution in [1.29, 1.82) is 0 Å². The zero-order valence-electron chi connectivity index (χ0n) is 11.1. The minimum Gasteiger partial charge on any atom is -0.464 e. The number of hydrogen-bond acceptors (Lipinski definition) is 5. The van der Waals surface area contributed by atoms with E-state index in [9.17, 15) is 9.59 Å². The first-order chi connectivity index (χ1) is 8.69. The molecule has 0 spiro atoms. The highest BCUT2D eigenvalue weighted by Crippen LogP contribution is 2.22. The lowest BCUT2D eigenvalue weighted by Gasteiger charge is -2.25. The molecule has 104 valence electrons. The zero-order valence-corrected chi connectivity index (χ0v) is 11.1. The molecule has 0 aliphatic heterocycles. The van der Waals surface area contributed by atoms with Crippen LogP contribution in [0.2, 0.25) is 0 Å². The third-order valence-corrected chi connectivity index (χ3v) is 2.88.